The zero-order valence-corrected chi connectivity index (χ0v) is 14.4. The second kappa shape index (κ2) is 6.56. The van der Waals surface area contributed by atoms with Gasteiger partial charge in [0.15, 0.2) is 0 Å². The van der Waals surface area contributed by atoms with E-state index < -0.39 is 12.0 Å². The minimum absolute atomic E-state index is 0.151. The van der Waals surface area contributed by atoms with Crippen LogP contribution in [0.5, 0.6) is 0 Å². The van der Waals surface area contributed by atoms with Crippen molar-refractivity contribution in [2.45, 2.75) is 37.6 Å². The highest BCUT2D eigenvalue weighted by atomic mass is 19.3. The number of hydrogen-bond donors (Lipinski definition) is 1. The smallest absolute Gasteiger partial charge is 0.262 e. The van der Waals surface area contributed by atoms with Crippen LogP contribution in [-0.4, -0.2) is 55.5 Å². The molecular weight excluding hydrogens is 324 g/mol. The molecule has 1 N–H and O–H groups in total. The van der Waals surface area contributed by atoms with E-state index in [4.69, 9.17) is 0 Å². The number of para-hydroxylation sites is 1. The fourth-order valence-electron chi connectivity index (χ4n) is 4.35. The normalized spacial score (nSPS) is 26.1. The van der Waals surface area contributed by atoms with Gasteiger partial charge in [-0.15, -0.1) is 0 Å². The van der Waals surface area contributed by atoms with Crippen LogP contribution in [0.2, 0.25) is 0 Å². The van der Waals surface area contributed by atoms with Crippen LogP contribution in [0.25, 0.3) is 0 Å². The number of nitrogens with zero attached hydrogens (tertiary/aromatic N) is 2. The molecule has 6 heteroatoms. The summed E-state index contributed by atoms with van der Waals surface area (Å²) in [5.41, 5.74) is 2.77. The summed E-state index contributed by atoms with van der Waals surface area (Å²) in [4.78, 5) is 16.6. The average molecular weight is 349 g/mol. The zero-order chi connectivity index (χ0) is 17.4. The van der Waals surface area contributed by atoms with E-state index in [0.717, 1.165) is 32.4 Å². The van der Waals surface area contributed by atoms with Crippen LogP contribution in [-0.2, 0) is 11.2 Å². The van der Waals surface area contributed by atoms with Crippen molar-refractivity contribution in [3.05, 3.63) is 29.8 Å². The molecular formula is C19H25F2N3O. The minimum atomic E-state index is -2.75. The summed E-state index contributed by atoms with van der Waals surface area (Å²) in [6, 6.07) is 7.85. The van der Waals surface area contributed by atoms with Crippen molar-refractivity contribution in [3.8, 4) is 0 Å². The molecule has 0 aliphatic carbocycles. The topological polar surface area (TPSA) is 35.6 Å². The Hall–Kier alpha value is -1.69. The van der Waals surface area contributed by atoms with Gasteiger partial charge in [0.2, 0.25) is 5.91 Å². The van der Waals surface area contributed by atoms with E-state index in [1.165, 1.54) is 11.3 Å². The Kier molecular flexibility index (Phi) is 4.40. The van der Waals surface area contributed by atoms with Crippen LogP contribution in [0.15, 0.2) is 24.3 Å². The van der Waals surface area contributed by atoms with Crippen molar-refractivity contribution in [2.75, 3.05) is 37.6 Å². The first-order valence-electron chi connectivity index (χ1n) is 9.25. The Morgan fingerprint density at radius 3 is 2.68 bits per heavy atom. The van der Waals surface area contributed by atoms with Crippen LogP contribution in [0.3, 0.4) is 0 Å². The molecule has 3 aliphatic rings. The molecule has 0 saturated carbocycles. The number of halogens is 2. The largest absolute Gasteiger partial charge is 0.371 e. The van der Waals surface area contributed by atoms with E-state index in [1.807, 2.05) is 0 Å². The number of carbonyl (C=O) groups is 1. The molecule has 0 aromatic heterocycles. The summed E-state index contributed by atoms with van der Waals surface area (Å²) < 4.78 is 26.6. The third kappa shape index (κ3) is 3.50. The van der Waals surface area contributed by atoms with Gasteiger partial charge in [0.1, 0.15) is 0 Å². The lowest BCUT2D eigenvalue weighted by Gasteiger charge is -2.35. The van der Waals surface area contributed by atoms with Gasteiger partial charge >= 0.3 is 0 Å². The Labute approximate surface area is 147 Å². The molecule has 4 rings (SSSR count). The molecule has 0 spiro atoms. The molecule has 0 radical (unpaired) electrons. The first-order valence-corrected chi connectivity index (χ1v) is 9.25. The van der Waals surface area contributed by atoms with Gasteiger partial charge in [-0.1, -0.05) is 18.2 Å². The maximum Gasteiger partial charge on any atom is 0.262 e. The number of alkyl halides is 2. The van der Waals surface area contributed by atoms with Crippen molar-refractivity contribution in [2.24, 2.45) is 5.92 Å². The summed E-state index contributed by atoms with van der Waals surface area (Å²) in [6.45, 7) is 3.08. The van der Waals surface area contributed by atoms with Gasteiger partial charge in [-0.3, -0.25) is 10.1 Å². The number of likely N-dealkylation sites (tertiary alicyclic amines) is 1. The van der Waals surface area contributed by atoms with Crippen LogP contribution in [0, 0.1) is 5.92 Å². The third-order valence-corrected chi connectivity index (χ3v) is 5.80. The van der Waals surface area contributed by atoms with E-state index >= 15 is 0 Å². The van der Waals surface area contributed by atoms with E-state index in [2.05, 4.69) is 34.5 Å². The monoisotopic (exact) mass is 349 g/mol. The summed E-state index contributed by atoms with van der Waals surface area (Å²) in [6.07, 6.45) is 2.65. The standard InChI is InChI=1S/C19H25F2N3O/c20-19(21)11-16(22-13-19)18(25)23-8-5-14(6-9-23)12-24-10-7-15-3-1-2-4-17(15)24/h1-4,14,16,22H,5-13H2. The second-order valence-corrected chi connectivity index (χ2v) is 7.59. The molecule has 1 unspecified atom stereocenters. The lowest BCUT2D eigenvalue weighted by atomic mass is 9.95. The molecule has 25 heavy (non-hydrogen) atoms. The fourth-order valence-corrected chi connectivity index (χ4v) is 4.35. The maximum absolute atomic E-state index is 13.3. The Morgan fingerprint density at radius 1 is 1.20 bits per heavy atom. The molecule has 0 bridgehead atoms. The predicted octanol–water partition coefficient (Wildman–Crippen LogP) is 2.28. The molecule has 1 atom stereocenters. The summed E-state index contributed by atoms with van der Waals surface area (Å²) in [5.74, 6) is -2.34. The maximum atomic E-state index is 13.3. The number of rotatable bonds is 3. The quantitative estimate of drug-likeness (QED) is 0.909. The van der Waals surface area contributed by atoms with Crippen molar-refractivity contribution >= 4 is 11.6 Å². The van der Waals surface area contributed by atoms with Gasteiger partial charge < -0.3 is 9.80 Å². The SMILES string of the molecule is O=C(C1CC(F)(F)CN1)N1CCC(CN2CCc3ccccc32)CC1. The number of anilines is 1. The highest BCUT2D eigenvalue weighted by molar-refractivity contribution is 5.82. The van der Waals surface area contributed by atoms with E-state index in [1.54, 1.807) is 4.90 Å². The highest BCUT2D eigenvalue weighted by Crippen LogP contribution is 2.31. The molecule has 4 nitrogen and oxygen atoms in total. The number of piperidine rings is 1. The number of carbonyl (C=O) groups excluding carboxylic acids is 1. The number of hydrogen-bond acceptors (Lipinski definition) is 3. The van der Waals surface area contributed by atoms with Gasteiger partial charge in [0.25, 0.3) is 5.92 Å². The van der Waals surface area contributed by atoms with Crippen molar-refractivity contribution in [1.29, 1.82) is 0 Å². The van der Waals surface area contributed by atoms with Gasteiger partial charge in [-0.05, 0) is 36.8 Å². The molecule has 1 amide bonds. The second-order valence-electron chi connectivity index (χ2n) is 7.59. The number of benzene rings is 1. The molecule has 1 aromatic carbocycles. The minimum Gasteiger partial charge on any atom is -0.371 e. The number of nitrogens with one attached hydrogen (secondary N) is 1. The van der Waals surface area contributed by atoms with E-state index in [9.17, 15) is 13.6 Å². The van der Waals surface area contributed by atoms with Crippen LogP contribution < -0.4 is 10.2 Å². The van der Waals surface area contributed by atoms with E-state index in [0.29, 0.717) is 19.0 Å². The van der Waals surface area contributed by atoms with Crippen LogP contribution in [0.4, 0.5) is 14.5 Å². The fraction of sp³-hybridized carbons (Fsp3) is 0.632. The molecule has 3 heterocycles. The van der Waals surface area contributed by atoms with E-state index in [-0.39, 0.29) is 18.9 Å². The Bertz CT molecular complexity index is 643. The summed E-state index contributed by atoms with van der Waals surface area (Å²) in [7, 11) is 0. The van der Waals surface area contributed by atoms with Crippen LogP contribution in [0.1, 0.15) is 24.8 Å². The Morgan fingerprint density at radius 2 is 1.96 bits per heavy atom. The molecule has 3 aliphatic heterocycles. The predicted molar refractivity (Wildman–Crippen MR) is 93.0 cm³/mol. The molecule has 2 fully saturated rings. The zero-order valence-electron chi connectivity index (χ0n) is 14.4. The van der Waals surface area contributed by atoms with Gasteiger partial charge in [0.05, 0.1) is 12.6 Å². The molecule has 136 valence electrons. The lowest BCUT2D eigenvalue weighted by molar-refractivity contribution is -0.135. The average Bonchev–Trinajstić information content (AvgIpc) is 3.18. The van der Waals surface area contributed by atoms with Crippen LogP contribution >= 0.6 is 0 Å². The molecule has 2 saturated heterocycles. The first kappa shape index (κ1) is 16.8. The summed E-state index contributed by atoms with van der Waals surface area (Å²) in [5, 5.41) is 2.68. The van der Waals surface area contributed by atoms with Crippen molar-refractivity contribution in [3.63, 3.8) is 0 Å². The van der Waals surface area contributed by atoms with Crippen molar-refractivity contribution < 1.29 is 13.6 Å². The van der Waals surface area contributed by atoms with Gasteiger partial charge in [-0.25, -0.2) is 8.78 Å². The van der Waals surface area contributed by atoms with Gasteiger partial charge in [0, 0.05) is 38.3 Å². The summed E-state index contributed by atoms with van der Waals surface area (Å²) >= 11 is 0. The molecule has 1 aromatic rings. The Balaban J connectivity index is 1.28. The number of fused-ring (bicyclic) bond motifs is 1. The third-order valence-electron chi connectivity index (χ3n) is 5.80. The van der Waals surface area contributed by atoms with Gasteiger partial charge in [-0.2, -0.15) is 0 Å². The highest BCUT2D eigenvalue weighted by Gasteiger charge is 2.43. The first-order chi connectivity index (χ1) is 12.0. The van der Waals surface area contributed by atoms with Crippen molar-refractivity contribution in [1.82, 2.24) is 10.2 Å². The lowest BCUT2D eigenvalue weighted by Crippen LogP contribution is -2.48. The number of amides is 1.